The highest BCUT2D eigenvalue weighted by atomic mass is 16.6. The van der Waals surface area contributed by atoms with E-state index in [0.717, 1.165) is 49.3 Å². The minimum Gasteiger partial charge on any atom is -0.486 e. The molecule has 0 unspecified atom stereocenters. The van der Waals surface area contributed by atoms with Crippen molar-refractivity contribution in [1.82, 2.24) is 30.2 Å². The van der Waals surface area contributed by atoms with E-state index < -0.39 is 0 Å². The molecule has 3 aromatic heterocycles. The number of nitrogens with one attached hydrogen (secondary N) is 2. The maximum atomic E-state index is 6.22. The number of anilines is 2. The van der Waals surface area contributed by atoms with E-state index in [0.29, 0.717) is 11.8 Å². The van der Waals surface area contributed by atoms with Crippen molar-refractivity contribution in [3.63, 3.8) is 0 Å². The van der Waals surface area contributed by atoms with Gasteiger partial charge in [0.05, 0.1) is 12.4 Å². The molecule has 24 heavy (non-hydrogen) atoms. The normalized spacial score (nSPS) is 15.7. The molecule has 0 amide bonds. The van der Waals surface area contributed by atoms with Gasteiger partial charge in [-0.3, -0.25) is 4.98 Å². The first-order valence-electron chi connectivity index (χ1n) is 8.11. The van der Waals surface area contributed by atoms with Gasteiger partial charge in [-0.15, -0.1) is 0 Å². The van der Waals surface area contributed by atoms with Gasteiger partial charge in [-0.05, 0) is 38.0 Å². The Labute approximate surface area is 138 Å². The summed E-state index contributed by atoms with van der Waals surface area (Å²) in [6.45, 7) is 4.75. The molecule has 126 valence electrons. The van der Waals surface area contributed by atoms with Crippen LogP contribution < -0.4 is 15.4 Å². The molecular formula is C15H19N7O2. The van der Waals surface area contributed by atoms with Crippen LogP contribution in [0.15, 0.2) is 23.2 Å². The molecule has 1 fully saturated rings. The summed E-state index contributed by atoms with van der Waals surface area (Å²) >= 11 is 0. The van der Waals surface area contributed by atoms with Crippen molar-refractivity contribution < 1.29 is 9.37 Å². The number of rotatable bonds is 5. The minimum atomic E-state index is 0.204. The molecule has 2 N–H and O–H groups in total. The Hall–Kier alpha value is -2.68. The van der Waals surface area contributed by atoms with Crippen molar-refractivity contribution in [2.75, 3.05) is 18.4 Å². The van der Waals surface area contributed by atoms with Crippen molar-refractivity contribution >= 4 is 22.8 Å². The molecule has 0 atom stereocenters. The van der Waals surface area contributed by atoms with Gasteiger partial charge in [0.1, 0.15) is 23.3 Å². The van der Waals surface area contributed by atoms with E-state index in [1.165, 1.54) is 6.20 Å². The van der Waals surface area contributed by atoms with Crippen LogP contribution in [0.5, 0.6) is 5.75 Å². The van der Waals surface area contributed by atoms with Crippen LogP contribution in [-0.2, 0) is 6.54 Å². The Balaban J connectivity index is 1.70. The second-order valence-corrected chi connectivity index (χ2v) is 5.67. The van der Waals surface area contributed by atoms with E-state index >= 15 is 0 Å². The molecule has 9 nitrogen and oxygen atoms in total. The molecule has 0 spiro atoms. The van der Waals surface area contributed by atoms with Crippen LogP contribution in [0.4, 0.5) is 11.8 Å². The van der Waals surface area contributed by atoms with E-state index in [-0.39, 0.29) is 6.10 Å². The number of ether oxygens (including phenoxy) is 1. The summed E-state index contributed by atoms with van der Waals surface area (Å²) in [5, 5.41) is 13.8. The summed E-state index contributed by atoms with van der Waals surface area (Å²) in [6.07, 6.45) is 7.20. The third kappa shape index (κ3) is 2.78. The highest BCUT2D eigenvalue weighted by molar-refractivity contribution is 5.84. The lowest BCUT2D eigenvalue weighted by molar-refractivity contribution is 0.163. The summed E-state index contributed by atoms with van der Waals surface area (Å²) < 4.78 is 12.9. The van der Waals surface area contributed by atoms with Crippen molar-refractivity contribution in [1.29, 1.82) is 0 Å². The number of hydrogen-bond acceptors (Lipinski definition) is 8. The first-order valence-corrected chi connectivity index (χ1v) is 8.11. The van der Waals surface area contributed by atoms with Crippen molar-refractivity contribution in [2.24, 2.45) is 0 Å². The molecule has 4 rings (SSSR count). The molecule has 3 aromatic rings. The van der Waals surface area contributed by atoms with Gasteiger partial charge >= 0.3 is 0 Å². The second kappa shape index (κ2) is 6.44. The van der Waals surface area contributed by atoms with Gasteiger partial charge in [-0.2, -0.15) is 0 Å². The van der Waals surface area contributed by atoms with E-state index in [1.54, 1.807) is 12.4 Å². The Morgan fingerprint density at radius 3 is 2.96 bits per heavy atom. The average Bonchev–Trinajstić information content (AvgIpc) is 3.24. The van der Waals surface area contributed by atoms with Crippen molar-refractivity contribution in [2.45, 2.75) is 32.4 Å². The highest BCUT2D eigenvalue weighted by Crippen LogP contribution is 2.30. The summed E-state index contributed by atoms with van der Waals surface area (Å²) in [5.41, 5.74) is 1.72. The first kappa shape index (κ1) is 14.9. The monoisotopic (exact) mass is 329 g/mol. The zero-order chi connectivity index (χ0) is 16.4. The summed E-state index contributed by atoms with van der Waals surface area (Å²) in [6, 6.07) is 0. The Morgan fingerprint density at radius 1 is 1.33 bits per heavy atom. The lowest BCUT2D eigenvalue weighted by atomic mass is 10.1. The molecule has 0 aromatic carbocycles. The van der Waals surface area contributed by atoms with Crippen molar-refractivity contribution in [3.8, 4) is 5.75 Å². The third-order valence-corrected chi connectivity index (χ3v) is 4.11. The first-order chi connectivity index (χ1) is 11.8. The molecule has 1 aliphatic heterocycles. The predicted octanol–water partition coefficient (Wildman–Crippen LogP) is 1.71. The Morgan fingerprint density at radius 2 is 2.21 bits per heavy atom. The number of imidazole rings is 1. The maximum Gasteiger partial charge on any atom is 0.209 e. The average molecular weight is 329 g/mol. The van der Waals surface area contributed by atoms with Crippen LogP contribution in [0.3, 0.4) is 0 Å². The number of aryl methyl sites for hydroxylation is 1. The summed E-state index contributed by atoms with van der Waals surface area (Å²) in [4.78, 5) is 8.87. The summed E-state index contributed by atoms with van der Waals surface area (Å²) in [7, 11) is 0. The van der Waals surface area contributed by atoms with Gasteiger partial charge in [-0.1, -0.05) is 5.16 Å². The van der Waals surface area contributed by atoms with Gasteiger partial charge in [0.2, 0.25) is 5.95 Å². The number of nitrogens with zero attached hydrogens (tertiary/aromatic N) is 5. The molecule has 0 radical (unpaired) electrons. The standard InChI is InChI=1S/C15H19N7O2/c1-2-22-14-11(19-15(22)20-13-9-18-24-21-13)7-17-8-12(14)23-10-3-5-16-6-4-10/h7-10,16H,2-6H2,1H3,(H,19,20,21). The molecule has 1 aliphatic rings. The lowest BCUT2D eigenvalue weighted by Crippen LogP contribution is -2.34. The fourth-order valence-electron chi connectivity index (χ4n) is 2.97. The van der Waals surface area contributed by atoms with Gasteiger partial charge in [0, 0.05) is 6.54 Å². The SMILES string of the molecule is CCn1c(Nc2cnon2)nc2cncc(OC3CCNCC3)c21. The molecule has 1 saturated heterocycles. The zero-order valence-corrected chi connectivity index (χ0v) is 13.4. The largest absolute Gasteiger partial charge is 0.486 e. The maximum absolute atomic E-state index is 6.22. The van der Waals surface area contributed by atoms with Crippen LogP contribution in [0, 0.1) is 0 Å². The lowest BCUT2D eigenvalue weighted by Gasteiger charge is -2.24. The predicted molar refractivity (Wildman–Crippen MR) is 87.3 cm³/mol. The molecule has 0 saturated carbocycles. The fraction of sp³-hybridized carbons (Fsp3) is 0.467. The third-order valence-electron chi connectivity index (χ3n) is 4.11. The van der Waals surface area contributed by atoms with Crippen LogP contribution in [0.2, 0.25) is 0 Å². The smallest absolute Gasteiger partial charge is 0.209 e. The molecule has 0 bridgehead atoms. The number of piperidine rings is 1. The molecule has 4 heterocycles. The van der Waals surface area contributed by atoms with E-state index in [1.807, 2.05) is 4.57 Å². The topological polar surface area (TPSA) is 103 Å². The zero-order valence-electron chi connectivity index (χ0n) is 13.4. The van der Waals surface area contributed by atoms with E-state index in [2.05, 4.69) is 42.5 Å². The number of pyridine rings is 1. The van der Waals surface area contributed by atoms with Crippen LogP contribution in [-0.4, -0.2) is 44.0 Å². The number of hydrogen-bond donors (Lipinski definition) is 2. The van der Waals surface area contributed by atoms with Gasteiger partial charge in [0.15, 0.2) is 11.6 Å². The van der Waals surface area contributed by atoms with Crippen LogP contribution >= 0.6 is 0 Å². The Kier molecular flexibility index (Phi) is 3.99. The van der Waals surface area contributed by atoms with Gasteiger partial charge in [-0.25, -0.2) is 9.61 Å². The summed E-state index contributed by atoms with van der Waals surface area (Å²) in [5.74, 6) is 1.93. The van der Waals surface area contributed by atoms with Gasteiger partial charge < -0.3 is 19.9 Å². The fourth-order valence-corrected chi connectivity index (χ4v) is 2.97. The second-order valence-electron chi connectivity index (χ2n) is 5.67. The molecular weight excluding hydrogens is 310 g/mol. The van der Waals surface area contributed by atoms with E-state index in [4.69, 9.17) is 4.74 Å². The number of aromatic nitrogens is 5. The molecule has 0 aliphatic carbocycles. The Bertz CT molecular complexity index is 809. The molecule has 9 heteroatoms. The van der Waals surface area contributed by atoms with Gasteiger partial charge in [0.25, 0.3) is 0 Å². The van der Waals surface area contributed by atoms with Crippen LogP contribution in [0.1, 0.15) is 19.8 Å². The minimum absolute atomic E-state index is 0.204. The van der Waals surface area contributed by atoms with E-state index in [9.17, 15) is 0 Å². The quantitative estimate of drug-likeness (QED) is 0.729. The number of fused-ring (bicyclic) bond motifs is 1. The highest BCUT2D eigenvalue weighted by Gasteiger charge is 2.20. The van der Waals surface area contributed by atoms with Crippen LogP contribution in [0.25, 0.3) is 11.0 Å². The van der Waals surface area contributed by atoms with Crippen molar-refractivity contribution in [3.05, 3.63) is 18.6 Å².